The third-order valence-corrected chi connectivity index (χ3v) is 4.06. The molecule has 0 fully saturated rings. The van der Waals surface area contributed by atoms with Crippen LogP contribution in [0, 0.1) is 13.3 Å². The lowest BCUT2D eigenvalue weighted by Gasteiger charge is -2.15. The first-order valence-electron chi connectivity index (χ1n) is 6.76. The van der Waals surface area contributed by atoms with E-state index in [-0.39, 0.29) is 0 Å². The van der Waals surface area contributed by atoms with E-state index in [0.717, 1.165) is 6.42 Å². The van der Waals surface area contributed by atoms with Crippen LogP contribution in [0.25, 0.3) is 10.8 Å². The van der Waals surface area contributed by atoms with Gasteiger partial charge < -0.3 is 0 Å². The lowest BCUT2D eigenvalue weighted by Crippen LogP contribution is -2.06. The molecule has 3 aromatic carbocycles. The average molecular weight is 243 g/mol. The van der Waals surface area contributed by atoms with Gasteiger partial charge in [-0.15, -0.1) is 0 Å². The van der Waals surface area contributed by atoms with Crippen molar-refractivity contribution in [1.82, 2.24) is 0 Å². The minimum absolute atomic E-state index is 1.04. The van der Waals surface area contributed by atoms with Crippen molar-refractivity contribution < 1.29 is 0 Å². The summed E-state index contributed by atoms with van der Waals surface area (Å²) in [6.07, 6.45) is 3.36. The zero-order chi connectivity index (χ0) is 12.8. The van der Waals surface area contributed by atoms with E-state index >= 15 is 0 Å². The fourth-order valence-electron chi connectivity index (χ4n) is 3.04. The minimum Gasteiger partial charge on any atom is -0.0586 e. The third kappa shape index (κ3) is 1.64. The van der Waals surface area contributed by atoms with Crippen molar-refractivity contribution in [1.29, 1.82) is 0 Å². The number of fused-ring (bicyclic) bond motifs is 4. The largest absolute Gasteiger partial charge is 0.0773 e. The molecule has 0 radical (unpaired) electrons. The first-order valence-corrected chi connectivity index (χ1v) is 6.76. The second-order valence-electron chi connectivity index (χ2n) is 5.38. The zero-order valence-corrected chi connectivity index (χ0v) is 11.0. The maximum atomic E-state index is 2.32. The minimum atomic E-state index is 1.04. The molecule has 0 heterocycles. The molecular formula is C19H15+. The summed E-state index contributed by atoms with van der Waals surface area (Å²) >= 11 is 0. The molecule has 0 unspecified atom stereocenters. The lowest BCUT2D eigenvalue weighted by molar-refractivity contribution is 1.11. The first-order chi connectivity index (χ1) is 9.31. The Balaban J connectivity index is 1.98. The quantitative estimate of drug-likeness (QED) is 0.394. The van der Waals surface area contributed by atoms with Gasteiger partial charge in [-0.2, -0.15) is 0 Å². The average Bonchev–Trinajstić information content (AvgIpc) is 2.45. The van der Waals surface area contributed by atoms with Crippen LogP contribution in [0.4, 0.5) is 0 Å². The molecular weight excluding hydrogens is 228 g/mol. The molecule has 4 rings (SSSR count). The van der Waals surface area contributed by atoms with E-state index in [1.165, 1.54) is 38.6 Å². The molecule has 0 aliphatic heterocycles. The second kappa shape index (κ2) is 3.89. The summed E-state index contributed by atoms with van der Waals surface area (Å²) in [6.45, 7) is 2.17. The smallest absolute Gasteiger partial charge is 0.0586 e. The van der Waals surface area contributed by atoms with Crippen LogP contribution in [0.2, 0.25) is 0 Å². The molecule has 90 valence electrons. The van der Waals surface area contributed by atoms with Crippen molar-refractivity contribution in [2.45, 2.75) is 13.3 Å². The van der Waals surface area contributed by atoms with E-state index in [4.69, 9.17) is 0 Å². The molecule has 0 bridgehead atoms. The van der Waals surface area contributed by atoms with Crippen LogP contribution >= 0.6 is 0 Å². The number of aryl methyl sites for hydroxylation is 1. The summed E-state index contributed by atoms with van der Waals surface area (Å²) in [7, 11) is 0. The number of hydrogen-bond acceptors (Lipinski definition) is 0. The Kier molecular flexibility index (Phi) is 2.19. The van der Waals surface area contributed by atoms with Gasteiger partial charge in [0.25, 0.3) is 0 Å². The Morgan fingerprint density at radius 2 is 1.74 bits per heavy atom. The van der Waals surface area contributed by atoms with E-state index < -0.39 is 0 Å². The Bertz CT molecular complexity index is 781. The molecule has 1 aliphatic carbocycles. The van der Waals surface area contributed by atoms with Gasteiger partial charge in [0.1, 0.15) is 0 Å². The molecule has 0 aromatic heterocycles. The van der Waals surface area contributed by atoms with Crippen LogP contribution in [0.5, 0.6) is 0 Å². The molecule has 0 spiro atoms. The molecule has 0 nitrogen and oxygen atoms in total. The molecule has 19 heavy (non-hydrogen) atoms. The Morgan fingerprint density at radius 1 is 0.895 bits per heavy atom. The van der Waals surface area contributed by atoms with Crippen molar-refractivity contribution in [3.05, 3.63) is 88.8 Å². The van der Waals surface area contributed by atoms with Gasteiger partial charge >= 0.3 is 0 Å². The highest BCUT2D eigenvalue weighted by atomic mass is 14.2. The first kappa shape index (κ1) is 10.7. The maximum absolute atomic E-state index is 2.32. The maximum Gasteiger partial charge on any atom is 0.0773 e. The number of benzene rings is 3. The van der Waals surface area contributed by atoms with Gasteiger partial charge in [0, 0.05) is 35.1 Å². The Labute approximate surface area is 113 Å². The summed E-state index contributed by atoms with van der Waals surface area (Å²) in [5, 5.41) is 2.75. The van der Waals surface area contributed by atoms with Crippen LogP contribution in [0.1, 0.15) is 27.8 Å². The van der Waals surface area contributed by atoms with E-state index in [1.54, 1.807) is 0 Å². The molecule has 0 heteroatoms. The predicted molar refractivity (Wildman–Crippen MR) is 80.4 cm³/mol. The fourth-order valence-corrected chi connectivity index (χ4v) is 3.04. The van der Waals surface area contributed by atoms with Crippen molar-refractivity contribution in [2.24, 2.45) is 0 Å². The summed E-state index contributed by atoms with van der Waals surface area (Å²) < 4.78 is 0. The van der Waals surface area contributed by atoms with Crippen LogP contribution in [-0.4, -0.2) is 0 Å². The number of hydrogen-bond donors (Lipinski definition) is 0. The van der Waals surface area contributed by atoms with Gasteiger partial charge in [0.15, 0.2) is 0 Å². The summed E-state index contributed by atoms with van der Waals surface area (Å²) in [6, 6.07) is 19.9. The third-order valence-electron chi connectivity index (χ3n) is 4.06. The predicted octanol–water partition coefficient (Wildman–Crippen LogP) is 4.65. The van der Waals surface area contributed by atoms with Gasteiger partial charge in [-0.05, 0) is 48.2 Å². The molecule has 0 saturated heterocycles. The van der Waals surface area contributed by atoms with Crippen LogP contribution in [0.3, 0.4) is 0 Å². The van der Waals surface area contributed by atoms with E-state index in [2.05, 4.69) is 67.9 Å². The van der Waals surface area contributed by atoms with Gasteiger partial charge in [-0.25, -0.2) is 0 Å². The van der Waals surface area contributed by atoms with Gasteiger partial charge in [0.2, 0.25) is 0 Å². The van der Waals surface area contributed by atoms with E-state index in [1.807, 2.05) is 0 Å². The Morgan fingerprint density at radius 3 is 2.68 bits per heavy atom. The SMILES string of the molecule is Cc1ccc2ccc3c(c2c1)Cc1ccccc1[CH+]3. The molecule has 1 aliphatic rings. The monoisotopic (exact) mass is 243 g/mol. The van der Waals surface area contributed by atoms with Crippen molar-refractivity contribution >= 4 is 10.8 Å². The normalized spacial score (nSPS) is 12.7. The highest BCUT2D eigenvalue weighted by molar-refractivity contribution is 5.89. The van der Waals surface area contributed by atoms with Crippen LogP contribution in [0.15, 0.2) is 54.6 Å². The molecule has 0 atom stereocenters. The van der Waals surface area contributed by atoms with E-state index in [9.17, 15) is 0 Å². The Hall–Kier alpha value is -2.21. The molecule has 0 N–H and O–H groups in total. The topological polar surface area (TPSA) is 0 Å². The van der Waals surface area contributed by atoms with E-state index in [0.29, 0.717) is 0 Å². The van der Waals surface area contributed by atoms with Crippen molar-refractivity contribution in [3.63, 3.8) is 0 Å². The highest BCUT2D eigenvalue weighted by Crippen LogP contribution is 2.33. The van der Waals surface area contributed by atoms with Crippen LogP contribution in [-0.2, 0) is 6.42 Å². The molecule has 3 aromatic rings. The van der Waals surface area contributed by atoms with Crippen LogP contribution < -0.4 is 0 Å². The zero-order valence-electron chi connectivity index (χ0n) is 11.0. The summed E-state index contributed by atoms with van der Waals surface area (Å²) in [5.41, 5.74) is 6.97. The summed E-state index contributed by atoms with van der Waals surface area (Å²) in [5.74, 6) is 0. The van der Waals surface area contributed by atoms with Crippen molar-refractivity contribution in [3.8, 4) is 0 Å². The van der Waals surface area contributed by atoms with Gasteiger partial charge in [-0.3, -0.25) is 0 Å². The fraction of sp³-hybridized carbons (Fsp3) is 0.105. The molecule has 0 amide bonds. The number of rotatable bonds is 0. The van der Waals surface area contributed by atoms with Crippen molar-refractivity contribution in [2.75, 3.05) is 0 Å². The lowest BCUT2D eigenvalue weighted by atomic mass is 9.83. The van der Waals surface area contributed by atoms with Gasteiger partial charge in [0.05, 0.1) is 17.5 Å². The highest BCUT2D eigenvalue weighted by Gasteiger charge is 2.23. The summed E-state index contributed by atoms with van der Waals surface area (Å²) in [4.78, 5) is 0. The van der Waals surface area contributed by atoms with Gasteiger partial charge in [-0.1, -0.05) is 12.1 Å². The second-order valence-corrected chi connectivity index (χ2v) is 5.38. The standard InChI is InChI=1S/C19H15/c1-13-6-7-14-8-9-17-11-15-4-2-3-5-16(15)12-19(17)18(14)10-13/h2-11H,12H2,1H3/q+1. The molecule has 0 saturated carbocycles.